The fourth-order valence-corrected chi connectivity index (χ4v) is 4.18. The minimum absolute atomic E-state index is 0.0662. The van der Waals surface area contributed by atoms with E-state index in [-0.39, 0.29) is 5.91 Å². The molecule has 0 fully saturated rings. The number of fused-ring (bicyclic) bond motifs is 1. The summed E-state index contributed by atoms with van der Waals surface area (Å²) in [7, 11) is 2.05. The molecule has 30 heavy (non-hydrogen) atoms. The van der Waals surface area contributed by atoms with Crippen LogP contribution in [0.5, 0.6) is 11.5 Å². The Hall–Kier alpha value is -2.53. The topological polar surface area (TPSA) is 50.8 Å². The van der Waals surface area contributed by atoms with Crippen molar-refractivity contribution in [3.05, 3.63) is 59.2 Å². The van der Waals surface area contributed by atoms with E-state index in [4.69, 9.17) is 9.47 Å². The highest BCUT2D eigenvalue weighted by atomic mass is 16.5. The van der Waals surface area contributed by atoms with E-state index in [1.54, 1.807) is 0 Å². The van der Waals surface area contributed by atoms with Gasteiger partial charge in [0.05, 0.1) is 19.8 Å². The minimum Gasteiger partial charge on any atom is -0.490 e. The van der Waals surface area contributed by atoms with Crippen molar-refractivity contribution >= 4 is 5.91 Å². The van der Waals surface area contributed by atoms with Crippen LogP contribution < -0.4 is 14.8 Å². The van der Waals surface area contributed by atoms with Crippen LogP contribution in [0, 0.1) is 0 Å². The molecule has 5 nitrogen and oxygen atoms in total. The number of aryl methyl sites for hydroxylation is 1. The van der Waals surface area contributed by atoms with Crippen LogP contribution in [0.15, 0.2) is 42.5 Å². The quantitative estimate of drug-likeness (QED) is 0.639. The first-order chi connectivity index (χ1) is 14.6. The molecule has 0 spiro atoms. The predicted molar refractivity (Wildman–Crippen MR) is 120 cm³/mol. The van der Waals surface area contributed by atoms with E-state index in [9.17, 15) is 4.79 Å². The summed E-state index contributed by atoms with van der Waals surface area (Å²) in [4.78, 5) is 14.7. The Morgan fingerprint density at radius 2 is 1.87 bits per heavy atom. The Morgan fingerprint density at radius 1 is 1.10 bits per heavy atom. The number of ether oxygens (including phenoxy) is 2. The lowest BCUT2D eigenvalue weighted by Crippen LogP contribution is -2.38. The molecule has 162 valence electrons. The number of amides is 1. The van der Waals surface area contributed by atoms with Gasteiger partial charge in [-0.05, 0) is 75.4 Å². The van der Waals surface area contributed by atoms with Gasteiger partial charge in [0.1, 0.15) is 0 Å². The molecular weight excluding hydrogens is 376 g/mol. The third kappa shape index (κ3) is 5.76. The van der Waals surface area contributed by atoms with E-state index in [0.29, 0.717) is 32.3 Å². The van der Waals surface area contributed by atoms with Gasteiger partial charge in [0.2, 0.25) is 5.91 Å². The third-order valence-corrected chi connectivity index (χ3v) is 5.61. The smallest absolute Gasteiger partial charge is 0.234 e. The van der Waals surface area contributed by atoms with E-state index in [1.807, 2.05) is 39.1 Å². The van der Waals surface area contributed by atoms with Gasteiger partial charge in [0, 0.05) is 12.6 Å². The molecular formula is C25H34N2O3. The average Bonchev–Trinajstić information content (AvgIpc) is 2.75. The van der Waals surface area contributed by atoms with Crippen molar-refractivity contribution in [1.82, 2.24) is 10.2 Å². The molecule has 0 aliphatic heterocycles. The Labute approximate surface area is 180 Å². The number of likely N-dealkylation sites (N-methyl/N-ethyl adjacent to an activating group) is 1. The molecule has 1 aliphatic carbocycles. The molecule has 0 radical (unpaired) electrons. The molecule has 0 saturated heterocycles. The monoisotopic (exact) mass is 410 g/mol. The maximum Gasteiger partial charge on any atom is 0.234 e. The lowest BCUT2D eigenvalue weighted by molar-refractivity contribution is -0.122. The van der Waals surface area contributed by atoms with E-state index in [2.05, 4.69) is 34.5 Å². The molecule has 0 bridgehead atoms. The Balaban J connectivity index is 1.50. The van der Waals surface area contributed by atoms with Crippen LogP contribution in [0.1, 0.15) is 49.4 Å². The summed E-state index contributed by atoms with van der Waals surface area (Å²) in [5.74, 6) is 1.59. The van der Waals surface area contributed by atoms with Crippen LogP contribution >= 0.6 is 0 Å². The largest absolute Gasteiger partial charge is 0.490 e. The maximum atomic E-state index is 12.5. The molecule has 1 amide bonds. The molecule has 1 atom stereocenters. The first kappa shape index (κ1) is 22.2. The summed E-state index contributed by atoms with van der Waals surface area (Å²) in [6, 6.07) is 14.9. The zero-order valence-corrected chi connectivity index (χ0v) is 18.4. The summed E-state index contributed by atoms with van der Waals surface area (Å²) in [5, 5.41) is 3.06. The van der Waals surface area contributed by atoms with E-state index in [1.165, 1.54) is 17.5 Å². The number of carbonyl (C=O) groups excluding carboxylic acids is 1. The molecule has 1 aliphatic rings. The number of hydrogen-bond donors (Lipinski definition) is 1. The summed E-state index contributed by atoms with van der Waals surface area (Å²) < 4.78 is 11.3. The second-order valence-electron chi connectivity index (χ2n) is 7.77. The summed E-state index contributed by atoms with van der Waals surface area (Å²) in [5.41, 5.74) is 3.91. The summed E-state index contributed by atoms with van der Waals surface area (Å²) in [6.07, 6.45) is 4.17. The molecule has 5 heteroatoms. The van der Waals surface area contributed by atoms with Crippen molar-refractivity contribution in [1.29, 1.82) is 0 Å². The highest BCUT2D eigenvalue weighted by molar-refractivity contribution is 5.78. The first-order valence-corrected chi connectivity index (χ1v) is 11.1. The Kier molecular flexibility index (Phi) is 8.14. The average molecular weight is 411 g/mol. The van der Waals surface area contributed by atoms with E-state index >= 15 is 0 Å². The number of hydrogen-bond acceptors (Lipinski definition) is 4. The van der Waals surface area contributed by atoms with Gasteiger partial charge >= 0.3 is 0 Å². The highest BCUT2D eigenvalue weighted by Gasteiger charge is 2.24. The number of rotatable bonds is 10. The lowest BCUT2D eigenvalue weighted by Gasteiger charge is -2.32. The standard InChI is InChI=1S/C25H34N2O3/c1-4-29-23-14-13-19(17-24(23)30-5-2)15-16-26-25(28)18-27(3)22-12-8-10-20-9-6-7-11-21(20)22/h6-7,9,11,13-14,17,22H,4-5,8,10,12,15-16,18H2,1-3H3,(H,26,28). The van der Waals surface area contributed by atoms with Crippen molar-refractivity contribution < 1.29 is 14.3 Å². The molecule has 3 rings (SSSR count). The van der Waals surface area contributed by atoms with Crippen LogP contribution in [0.3, 0.4) is 0 Å². The number of nitrogens with one attached hydrogen (secondary N) is 1. The summed E-state index contributed by atoms with van der Waals surface area (Å²) >= 11 is 0. The molecule has 0 heterocycles. The van der Waals surface area contributed by atoms with Gasteiger partial charge in [-0.25, -0.2) is 0 Å². The first-order valence-electron chi connectivity index (χ1n) is 11.1. The van der Waals surface area contributed by atoms with Crippen LogP contribution in [0.2, 0.25) is 0 Å². The second kappa shape index (κ2) is 11.0. The normalized spacial score (nSPS) is 15.5. The molecule has 0 aromatic heterocycles. The van der Waals surface area contributed by atoms with Gasteiger partial charge in [-0.2, -0.15) is 0 Å². The molecule has 0 saturated carbocycles. The van der Waals surface area contributed by atoms with E-state index in [0.717, 1.165) is 36.3 Å². The fourth-order valence-electron chi connectivity index (χ4n) is 4.18. The SMILES string of the molecule is CCOc1ccc(CCNC(=O)CN(C)C2CCCc3ccccc32)cc1OCC. The van der Waals surface area contributed by atoms with Gasteiger partial charge in [-0.3, -0.25) is 9.69 Å². The molecule has 1 N–H and O–H groups in total. The van der Waals surface area contributed by atoms with Gasteiger partial charge < -0.3 is 14.8 Å². The van der Waals surface area contributed by atoms with Crippen LogP contribution in [-0.4, -0.2) is 44.2 Å². The highest BCUT2D eigenvalue weighted by Crippen LogP contribution is 2.33. The maximum absolute atomic E-state index is 12.5. The zero-order chi connectivity index (χ0) is 21.3. The second-order valence-corrected chi connectivity index (χ2v) is 7.77. The van der Waals surface area contributed by atoms with Gasteiger partial charge in [0.15, 0.2) is 11.5 Å². The number of carbonyl (C=O) groups is 1. The van der Waals surface area contributed by atoms with Crippen molar-refractivity contribution in [2.45, 2.75) is 45.6 Å². The fraction of sp³-hybridized carbons (Fsp3) is 0.480. The van der Waals surface area contributed by atoms with Crippen LogP contribution in [-0.2, 0) is 17.6 Å². The molecule has 2 aromatic rings. The molecule has 2 aromatic carbocycles. The van der Waals surface area contributed by atoms with Crippen molar-refractivity contribution in [2.75, 3.05) is 33.4 Å². The van der Waals surface area contributed by atoms with Crippen molar-refractivity contribution in [2.24, 2.45) is 0 Å². The van der Waals surface area contributed by atoms with Gasteiger partial charge in [-0.1, -0.05) is 30.3 Å². The Bertz CT molecular complexity index is 837. The van der Waals surface area contributed by atoms with Gasteiger partial charge in [-0.15, -0.1) is 0 Å². The summed E-state index contributed by atoms with van der Waals surface area (Å²) in [6.45, 7) is 6.14. The van der Waals surface area contributed by atoms with Crippen LogP contribution in [0.4, 0.5) is 0 Å². The lowest BCUT2D eigenvalue weighted by atomic mass is 9.87. The Morgan fingerprint density at radius 3 is 2.67 bits per heavy atom. The number of benzene rings is 2. The van der Waals surface area contributed by atoms with Crippen LogP contribution in [0.25, 0.3) is 0 Å². The minimum atomic E-state index is 0.0662. The van der Waals surface area contributed by atoms with Gasteiger partial charge in [0.25, 0.3) is 0 Å². The van der Waals surface area contributed by atoms with E-state index < -0.39 is 0 Å². The number of nitrogens with zero attached hydrogens (tertiary/aromatic N) is 1. The van der Waals surface area contributed by atoms with Crippen molar-refractivity contribution in [3.63, 3.8) is 0 Å². The van der Waals surface area contributed by atoms with Crippen molar-refractivity contribution in [3.8, 4) is 11.5 Å². The molecule has 1 unspecified atom stereocenters. The predicted octanol–water partition coefficient (Wildman–Crippen LogP) is 4.15. The third-order valence-electron chi connectivity index (χ3n) is 5.61. The zero-order valence-electron chi connectivity index (χ0n) is 18.4.